The van der Waals surface area contributed by atoms with Crippen LogP contribution in [0.3, 0.4) is 0 Å². The average Bonchev–Trinajstić information content (AvgIpc) is 3.54. The summed E-state index contributed by atoms with van der Waals surface area (Å²) in [7, 11) is 0. The van der Waals surface area contributed by atoms with Gasteiger partial charge in [0.1, 0.15) is 12.4 Å². The molecule has 1 aliphatic carbocycles. The normalized spacial score (nSPS) is 23.8. The molecule has 7 nitrogen and oxygen atoms in total. The van der Waals surface area contributed by atoms with Crippen molar-refractivity contribution in [3.05, 3.63) is 83.0 Å². The van der Waals surface area contributed by atoms with Gasteiger partial charge >= 0.3 is 0 Å². The minimum atomic E-state index is -0.646. The maximum Gasteiger partial charge on any atom is 0.244 e. The van der Waals surface area contributed by atoms with Gasteiger partial charge in [-0.25, -0.2) is 4.98 Å². The Kier molecular flexibility index (Phi) is 5.54. The molecule has 38 heavy (non-hydrogen) atoms. The summed E-state index contributed by atoms with van der Waals surface area (Å²) in [5.41, 5.74) is 5.02. The minimum Gasteiger partial charge on any atom is -0.325 e. The van der Waals surface area contributed by atoms with E-state index in [0.29, 0.717) is 30.3 Å². The van der Waals surface area contributed by atoms with Crippen molar-refractivity contribution in [3.8, 4) is 0 Å². The number of hydrogen-bond donors (Lipinski definition) is 2. The number of pyridine rings is 1. The Hall–Kier alpha value is -3.65. The van der Waals surface area contributed by atoms with E-state index in [4.69, 9.17) is 0 Å². The second kappa shape index (κ2) is 8.98. The molecule has 2 unspecified atom stereocenters. The zero-order valence-electron chi connectivity index (χ0n) is 20.9. The number of benzene rings is 2. The van der Waals surface area contributed by atoms with Gasteiger partial charge in [0, 0.05) is 23.1 Å². The van der Waals surface area contributed by atoms with Crippen LogP contribution in [-0.4, -0.2) is 40.8 Å². The van der Waals surface area contributed by atoms with Gasteiger partial charge in [0.15, 0.2) is 0 Å². The van der Waals surface area contributed by atoms with Gasteiger partial charge in [-0.2, -0.15) is 11.8 Å². The second-order valence-electron chi connectivity index (χ2n) is 10.7. The minimum absolute atomic E-state index is 0.0176. The first-order valence-corrected chi connectivity index (χ1v) is 14.4. The number of aromatic nitrogens is 1. The lowest BCUT2D eigenvalue weighted by molar-refractivity contribution is -0.123. The van der Waals surface area contributed by atoms with Crippen molar-refractivity contribution in [2.24, 2.45) is 5.92 Å². The molecule has 1 aromatic heterocycles. The van der Waals surface area contributed by atoms with Gasteiger partial charge in [-0.3, -0.25) is 14.4 Å². The number of nitrogens with one attached hydrogen (secondary N) is 2. The van der Waals surface area contributed by atoms with Gasteiger partial charge in [-0.1, -0.05) is 30.3 Å². The van der Waals surface area contributed by atoms with Crippen LogP contribution < -0.4 is 15.5 Å². The molecule has 4 aliphatic rings. The third-order valence-electron chi connectivity index (χ3n) is 8.60. The Morgan fingerprint density at radius 2 is 1.87 bits per heavy atom. The summed E-state index contributed by atoms with van der Waals surface area (Å²) in [4.78, 5) is 45.7. The van der Waals surface area contributed by atoms with Crippen LogP contribution in [0.15, 0.2) is 60.8 Å². The number of para-hydroxylation sites is 1. The number of fused-ring (bicyclic) bond motifs is 4. The Labute approximate surface area is 225 Å². The van der Waals surface area contributed by atoms with Crippen LogP contribution >= 0.6 is 11.8 Å². The second-order valence-corrected chi connectivity index (χ2v) is 12.0. The molecule has 1 saturated heterocycles. The predicted molar refractivity (Wildman–Crippen MR) is 149 cm³/mol. The van der Waals surface area contributed by atoms with E-state index < -0.39 is 5.41 Å². The van der Waals surface area contributed by atoms with Crippen molar-refractivity contribution < 1.29 is 14.4 Å². The summed E-state index contributed by atoms with van der Waals surface area (Å²) in [6.45, 7) is -0.0176. The van der Waals surface area contributed by atoms with E-state index >= 15 is 0 Å². The van der Waals surface area contributed by atoms with Gasteiger partial charge < -0.3 is 15.5 Å². The largest absolute Gasteiger partial charge is 0.325 e. The first-order valence-electron chi connectivity index (χ1n) is 13.2. The van der Waals surface area contributed by atoms with Crippen LogP contribution in [0, 0.1) is 5.92 Å². The number of rotatable bonds is 4. The number of thioether (sulfide) groups is 1. The van der Waals surface area contributed by atoms with Crippen LogP contribution in [0.4, 0.5) is 17.2 Å². The molecule has 0 radical (unpaired) electrons. The highest BCUT2D eigenvalue weighted by Gasteiger charge is 2.51. The molecular weight excluding hydrogens is 496 g/mol. The molecule has 2 atom stereocenters. The Morgan fingerprint density at radius 3 is 2.74 bits per heavy atom. The highest BCUT2D eigenvalue weighted by atomic mass is 32.2. The molecule has 3 aliphatic heterocycles. The highest BCUT2D eigenvalue weighted by molar-refractivity contribution is 7.99. The van der Waals surface area contributed by atoms with E-state index in [1.165, 1.54) is 0 Å². The van der Waals surface area contributed by atoms with E-state index in [1.54, 1.807) is 11.1 Å². The Bertz CT molecular complexity index is 1480. The summed E-state index contributed by atoms with van der Waals surface area (Å²) in [6, 6.07) is 17.6. The van der Waals surface area contributed by atoms with E-state index in [2.05, 4.69) is 15.6 Å². The van der Waals surface area contributed by atoms with Gasteiger partial charge in [0.25, 0.3) is 0 Å². The molecule has 2 N–H and O–H groups in total. The fraction of sp³-hybridized carbons (Fsp3) is 0.333. The third-order valence-corrected chi connectivity index (χ3v) is 9.65. The van der Waals surface area contributed by atoms with Crippen LogP contribution in [0.25, 0.3) is 0 Å². The highest BCUT2D eigenvalue weighted by Crippen LogP contribution is 2.47. The average molecular weight is 525 g/mol. The van der Waals surface area contributed by atoms with Gasteiger partial charge in [0.05, 0.1) is 11.3 Å². The molecule has 0 bridgehead atoms. The summed E-state index contributed by atoms with van der Waals surface area (Å²) >= 11 is 1.95. The summed E-state index contributed by atoms with van der Waals surface area (Å²) in [5.74, 6) is 2.76. The summed E-state index contributed by atoms with van der Waals surface area (Å²) in [5, 5.41) is 5.94. The number of carbonyl (C=O) groups is 3. The number of hydrogen-bond acceptors (Lipinski definition) is 5. The van der Waals surface area contributed by atoms with Crippen molar-refractivity contribution in [2.45, 2.75) is 37.0 Å². The lowest BCUT2D eigenvalue weighted by Crippen LogP contribution is -2.38. The van der Waals surface area contributed by atoms with Crippen LogP contribution in [0.1, 0.15) is 41.0 Å². The van der Waals surface area contributed by atoms with Crippen molar-refractivity contribution in [3.63, 3.8) is 0 Å². The maximum atomic E-state index is 13.6. The third kappa shape index (κ3) is 3.65. The monoisotopic (exact) mass is 524 g/mol. The lowest BCUT2D eigenvalue weighted by Gasteiger charge is -2.26. The van der Waals surface area contributed by atoms with Crippen molar-refractivity contribution in [1.82, 2.24) is 4.98 Å². The van der Waals surface area contributed by atoms with Crippen molar-refractivity contribution in [2.75, 3.05) is 33.6 Å². The zero-order valence-corrected chi connectivity index (χ0v) is 21.7. The number of anilines is 3. The molecule has 3 aromatic rings. The molecule has 0 saturated carbocycles. The molecule has 8 heteroatoms. The molecule has 7 rings (SSSR count). The fourth-order valence-corrected chi connectivity index (χ4v) is 7.92. The van der Waals surface area contributed by atoms with Crippen molar-refractivity contribution >= 4 is 46.7 Å². The number of amides is 3. The molecule has 1 fully saturated rings. The molecule has 3 amide bonds. The van der Waals surface area contributed by atoms with E-state index in [9.17, 15) is 14.4 Å². The van der Waals surface area contributed by atoms with E-state index in [1.807, 2.05) is 66.4 Å². The smallest absolute Gasteiger partial charge is 0.244 e. The van der Waals surface area contributed by atoms with E-state index in [0.717, 1.165) is 52.3 Å². The zero-order chi connectivity index (χ0) is 25.9. The number of carbonyl (C=O) groups excluding carboxylic acids is 3. The predicted octanol–water partition coefficient (Wildman–Crippen LogP) is 4.28. The SMILES string of the molecule is O=C(CN1C(=O)C(C2CCSCC2)c2ccccc21)Nc1ccc2c(c1)CC1(C2)C(=O)Nc2ncccc21. The Morgan fingerprint density at radius 1 is 1.05 bits per heavy atom. The Balaban J connectivity index is 1.09. The van der Waals surface area contributed by atoms with Crippen LogP contribution in [0.2, 0.25) is 0 Å². The number of nitrogens with zero attached hydrogens (tertiary/aromatic N) is 2. The quantitative estimate of drug-likeness (QED) is 0.532. The summed E-state index contributed by atoms with van der Waals surface area (Å²) < 4.78 is 0. The van der Waals surface area contributed by atoms with Crippen LogP contribution in [-0.2, 0) is 32.6 Å². The summed E-state index contributed by atoms with van der Waals surface area (Å²) in [6.07, 6.45) is 4.93. The standard InChI is InChI=1S/C30H28N4O3S/c35-25(17-34-24-6-2-1-4-22(24)26(28(34)36)18-9-12-38-13-10-18)32-21-8-7-19-15-30(16-20(19)14-21)23-5-3-11-31-27(23)33-29(30)37/h1-8,11,14,18,26H,9-10,12-13,15-17H2,(H,32,35)(H,31,33,37). The van der Waals surface area contributed by atoms with Crippen molar-refractivity contribution in [1.29, 1.82) is 0 Å². The maximum absolute atomic E-state index is 13.6. The first kappa shape index (κ1) is 23.5. The van der Waals surface area contributed by atoms with Gasteiger partial charge in [-0.05, 0) is 84.1 Å². The first-order chi connectivity index (χ1) is 18.5. The molecule has 2 aromatic carbocycles. The lowest BCUT2D eigenvalue weighted by atomic mass is 9.79. The molecule has 4 heterocycles. The molecular formula is C30H28N4O3S. The fourth-order valence-electron chi connectivity index (χ4n) is 6.77. The molecule has 1 spiro atoms. The van der Waals surface area contributed by atoms with Gasteiger partial charge in [-0.15, -0.1) is 0 Å². The topological polar surface area (TPSA) is 91.4 Å². The van der Waals surface area contributed by atoms with E-state index in [-0.39, 0.29) is 30.2 Å². The van der Waals surface area contributed by atoms with Crippen LogP contribution in [0.5, 0.6) is 0 Å². The molecule has 192 valence electrons. The van der Waals surface area contributed by atoms with Gasteiger partial charge in [0.2, 0.25) is 17.7 Å².